The predicted molar refractivity (Wildman–Crippen MR) is 63.2 cm³/mol. The van der Waals surface area contributed by atoms with Crippen molar-refractivity contribution in [2.45, 2.75) is 58.2 Å². The van der Waals surface area contributed by atoms with Crippen LogP contribution in [0.5, 0.6) is 0 Å². The molecule has 4 heteroatoms. The minimum absolute atomic E-state index is 0.383. The van der Waals surface area contributed by atoms with Gasteiger partial charge in [0.25, 0.3) is 0 Å². The predicted octanol–water partition coefficient (Wildman–Crippen LogP) is 1.78. The Labute approximate surface area is 103 Å². The van der Waals surface area contributed by atoms with Gasteiger partial charge in [-0.2, -0.15) is 0 Å². The first-order valence-electron chi connectivity index (χ1n) is 5.77. The van der Waals surface area contributed by atoms with Gasteiger partial charge >= 0.3 is 5.97 Å². The van der Waals surface area contributed by atoms with Crippen LogP contribution in [-0.4, -0.2) is 28.2 Å². The maximum atomic E-state index is 12.1. The average Bonchev–Trinajstić information content (AvgIpc) is 2.39. The Bertz CT molecular complexity index is 354. The van der Waals surface area contributed by atoms with Crippen LogP contribution in [0.1, 0.15) is 41.0 Å². The highest BCUT2D eigenvalue weighted by atomic mass is 16.5. The number of esters is 1. The van der Waals surface area contributed by atoms with E-state index in [1.54, 1.807) is 20.8 Å². The molecule has 0 aliphatic carbocycles. The van der Waals surface area contributed by atoms with Crippen LogP contribution in [0.4, 0.5) is 0 Å². The Morgan fingerprint density at radius 2 is 2.00 bits per heavy atom. The SMILES string of the molecule is C#CC(C)OC(=O)C1CC(C)(C)N([O])C1(C)C. The van der Waals surface area contributed by atoms with Crippen LogP contribution < -0.4 is 0 Å². The van der Waals surface area contributed by atoms with Crippen molar-refractivity contribution in [3.63, 3.8) is 0 Å². The molecule has 1 rings (SSSR count). The fraction of sp³-hybridized carbons (Fsp3) is 0.769. The highest BCUT2D eigenvalue weighted by Gasteiger charge is 2.55. The number of hydrogen-bond acceptors (Lipinski definition) is 3. The summed E-state index contributed by atoms with van der Waals surface area (Å²) in [5.41, 5.74) is -1.30. The van der Waals surface area contributed by atoms with Gasteiger partial charge in [0, 0.05) is 5.54 Å². The first kappa shape index (κ1) is 14.0. The lowest BCUT2D eigenvalue weighted by molar-refractivity contribution is -0.249. The molecule has 2 unspecified atom stereocenters. The molecule has 1 radical (unpaired) electrons. The topological polar surface area (TPSA) is 49.4 Å². The van der Waals surface area contributed by atoms with Crippen LogP contribution >= 0.6 is 0 Å². The fourth-order valence-electron chi connectivity index (χ4n) is 2.42. The molecule has 1 aliphatic heterocycles. The van der Waals surface area contributed by atoms with E-state index < -0.39 is 23.1 Å². The summed E-state index contributed by atoms with van der Waals surface area (Å²) < 4.78 is 5.12. The third kappa shape index (κ3) is 2.46. The van der Waals surface area contributed by atoms with E-state index in [9.17, 15) is 10.0 Å². The van der Waals surface area contributed by atoms with Crippen molar-refractivity contribution in [2.75, 3.05) is 0 Å². The Balaban J connectivity index is 2.86. The molecule has 1 saturated heterocycles. The fourth-order valence-corrected chi connectivity index (χ4v) is 2.42. The molecule has 0 N–H and O–H groups in total. The van der Waals surface area contributed by atoms with Crippen molar-refractivity contribution in [1.29, 1.82) is 0 Å². The van der Waals surface area contributed by atoms with Crippen molar-refractivity contribution in [1.82, 2.24) is 5.06 Å². The molecule has 0 aromatic carbocycles. The number of carbonyl (C=O) groups excluding carboxylic acids is 1. The van der Waals surface area contributed by atoms with Crippen LogP contribution in [-0.2, 0) is 14.7 Å². The van der Waals surface area contributed by atoms with Crippen molar-refractivity contribution >= 4 is 5.97 Å². The Hall–Kier alpha value is -1.05. The first-order valence-corrected chi connectivity index (χ1v) is 5.77. The molecule has 0 aromatic rings. The van der Waals surface area contributed by atoms with Gasteiger partial charge in [-0.1, -0.05) is 5.92 Å². The van der Waals surface area contributed by atoms with Crippen molar-refractivity contribution in [2.24, 2.45) is 5.92 Å². The molecule has 1 fully saturated rings. The highest BCUT2D eigenvalue weighted by Crippen LogP contribution is 2.44. The minimum atomic E-state index is -0.755. The number of hydroxylamine groups is 2. The summed E-state index contributed by atoms with van der Waals surface area (Å²) in [6.07, 6.45) is 5.10. The number of rotatable bonds is 2. The molecular formula is C13H20NO3. The van der Waals surface area contributed by atoms with Crippen molar-refractivity contribution < 1.29 is 14.7 Å². The summed E-state index contributed by atoms with van der Waals surface area (Å²) in [4.78, 5) is 12.0. The number of ether oxygens (including phenoxy) is 1. The second kappa shape index (κ2) is 4.32. The van der Waals surface area contributed by atoms with Gasteiger partial charge in [0.15, 0.2) is 6.10 Å². The smallest absolute Gasteiger partial charge is 0.312 e. The van der Waals surface area contributed by atoms with Gasteiger partial charge in [-0.05, 0) is 41.0 Å². The van der Waals surface area contributed by atoms with Crippen molar-refractivity contribution in [3.05, 3.63) is 0 Å². The zero-order chi connectivity index (χ0) is 13.4. The van der Waals surface area contributed by atoms with E-state index >= 15 is 0 Å². The van der Waals surface area contributed by atoms with Gasteiger partial charge < -0.3 is 4.74 Å². The quantitative estimate of drug-likeness (QED) is 0.544. The molecule has 1 heterocycles. The molecule has 0 amide bonds. The van der Waals surface area contributed by atoms with Gasteiger partial charge in [-0.15, -0.1) is 16.7 Å². The number of nitrogens with zero attached hydrogens (tertiary/aromatic N) is 1. The first-order chi connectivity index (χ1) is 7.63. The van der Waals surface area contributed by atoms with Gasteiger partial charge in [0.1, 0.15) is 0 Å². The van der Waals surface area contributed by atoms with E-state index in [0.717, 1.165) is 5.06 Å². The monoisotopic (exact) mass is 238 g/mol. The maximum Gasteiger partial charge on any atom is 0.312 e. The van der Waals surface area contributed by atoms with Crippen molar-refractivity contribution in [3.8, 4) is 12.3 Å². The van der Waals surface area contributed by atoms with Gasteiger partial charge in [0.05, 0.1) is 11.5 Å². The molecule has 95 valence electrons. The van der Waals surface area contributed by atoms with Gasteiger partial charge in [-0.3, -0.25) is 4.79 Å². The Kier molecular flexibility index (Phi) is 3.56. The summed E-state index contributed by atoms with van der Waals surface area (Å²) in [6, 6.07) is 0. The lowest BCUT2D eigenvalue weighted by atomic mass is 9.87. The minimum Gasteiger partial charge on any atom is -0.449 e. The summed E-state index contributed by atoms with van der Waals surface area (Å²) in [7, 11) is 0. The second-order valence-corrected chi connectivity index (χ2v) is 5.76. The van der Waals surface area contributed by atoms with Crippen LogP contribution in [0.3, 0.4) is 0 Å². The standard InChI is InChI=1S/C13H20NO3/c1-7-9(2)17-11(15)10-8-12(3,4)14(16)13(10,5)6/h1,9-10H,8H2,2-6H3. The van der Waals surface area contributed by atoms with Crippen LogP contribution in [0.25, 0.3) is 0 Å². The molecule has 0 bridgehead atoms. The van der Waals surface area contributed by atoms with Crippen LogP contribution in [0.2, 0.25) is 0 Å². The van der Waals surface area contributed by atoms with E-state index in [1.165, 1.54) is 0 Å². The summed E-state index contributed by atoms with van der Waals surface area (Å²) in [5, 5.41) is 13.1. The van der Waals surface area contributed by atoms with E-state index in [-0.39, 0.29) is 5.97 Å². The molecule has 17 heavy (non-hydrogen) atoms. The maximum absolute atomic E-state index is 12.1. The lowest BCUT2D eigenvalue weighted by Gasteiger charge is -2.33. The third-order valence-corrected chi connectivity index (χ3v) is 3.44. The largest absolute Gasteiger partial charge is 0.449 e. The number of carbonyl (C=O) groups is 1. The molecule has 0 spiro atoms. The summed E-state index contributed by atoms with van der Waals surface area (Å²) in [6.45, 7) is 8.83. The average molecular weight is 238 g/mol. The number of hydrogen-bond donors (Lipinski definition) is 0. The van der Waals surface area contributed by atoms with Crippen LogP contribution in [0, 0.1) is 18.3 Å². The summed E-state index contributed by atoms with van der Waals surface area (Å²) in [5.74, 6) is 1.52. The van der Waals surface area contributed by atoms with Gasteiger partial charge in [-0.25, -0.2) is 0 Å². The lowest BCUT2D eigenvalue weighted by Crippen LogP contribution is -2.47. The van der Waals surface area contributed by atoms with E-state index in [1.807, 2.05) is 13.8 Å². The zero-order valence-electron chi connectivity index (χ0n) is 11.1. The molecule has 4 nitrogen and oxygen atoms in total. The molecular weight excluding hydrogens is 218 g/mol. The Morgan fingerprint density at radius 1 is 1.47 bits per heavy atom. The normalized spacial score (nSPS) is 28.4. The Morgan fingerprint density at radius 3 is 2.35 bits per heavy atom. The zero-order valence-corrected chi connectivity index (χ0v) is 11.1. The third-order valence-electron chi connectivity index (χ3n) is 3.44. The van der Waals surface area contributed by atoms with Crippen LogP contribution in [0.15, 0.2) is 0 Å². The number of terminal acetylenes is 1. The van der Waals surface area contributed by atoms with E-state index in [0.29, 0.717) is 6.42 Å². The van der Waals surface area contributed by atoms with Gasteiger partial charge in [0.2, 0.25) is 0 Å². The summed E-state index contributed by atoms with van der Waals surface area (Å²) >= 11 is 0. The molecule has 2 atom stereocenters. The second-order valence-electron chi connectivity index (χ2n) is 5.76. The highest BCUT2D eigenvalue weighted by molar-refractivity contribution is 5.75. The molecule has 0 saturated carbocycles. The van der Waals surface area contributed by atoms with E-state index in [4.69, 9.17) is 11.2 Å². The van der Waals surface area contributed by atoms with E-state index in [2.05, 4.69) is 5.92 Å². The molecule has 1 aliphatic rings. The molecule has 0 aromatic heterocycles.